The van der Waals surface area contributed by atoms with Crippen LogP contribution in [0.1, 0.15) is 36.3 Å². The summed E-state index contributed by atoms with van der Waals surface area (Å²) in [5.41, 5.74) is 4.42. The van der Waals surface area contributed by atoms with Gasteiger partial charge in [-0.25, -0.2) is 4.79 Å². The monoisotopic (exact) mass is 463 g/mol. The van der Waals surface area contributed by atoms with Gasteiger partial charge in [0.15, 0.2) is 0 Å². The van der Waals surface area contributed by atoms with Crippen LogP contribution in [0.25, 0.3) is 11.1 Å². The average molecular weight is 464 g/mol. The van der Waals surface area contributed by atoms with Gasteiger partial charge in [0.2, 0.25) is 5.91 Å². The van der Waals surface area contributed by atoms with Crippen LogP contribution in [0.2, 0.25) is 0 Å². The second-order valence-corrected chi connectivity index (χ2v) is 9.22. The highest BCUT2D eigenvalue weighted by Crippen LogP contribution is 2.44. The van der Waals surface area contributed by atoms with Crippen molar-refractivity contribution in [1.29, 1.82) is 0 Å². The van der Waals surface area contributed by atoms with Gasteiger partial charge in [0.05, 0.1) is 6.42 Å². The number of nitrogens with one attached hydrogen (secondary N) is 1. The quantitative estimate of drug-likeness (QED) is 0.684. The molecule has 2 amide bonds. The lowest BCUT2D eigenvalue weighted by molar-refractivity contribution is -0.143. The van der Waals surface area contributed by atoms with Crippen LogP contribution in [0.5, 0.6) is 0 Å². The van der Waals surface area contributed by atoms with Crippen LogP contribution in [0.15, 0.2) is 48.5 Å². The topological polar surface area (TPSA) is 99.2 Å². The molecule has 0 spiro atoms. The third-order valence-corrected chi connectivity index (χ3v) is 7.25. The molecule has 1 aliphatic carbocycles. The molecular weight excluding hydrogens is 434 g/mol. The van der Waals surface area contributed by atoms with Crippen molar-refractivity contribution >= 4 is 18.0 Å². The van der Waals surface area contributed by atoms with Gasteiger partial charge in [0.1, 0.15) is 12.6 Å². The number of piperidine rings is 1. The van der Waals surface area contributed by atoms with E-state index in [1.165, 1.54) is 0 Å². The molecule has 3 aliphatic heterocycles. The van der Waals surface area contributed by atoms with Gasteiger partial charge in [0, 0.05) is 38.1 Å². The van der Waals surface area contributed by atoms with Gasteiger partial charge in [-0.05, 0) is 35.1 Å². The minimum Gasteiger partial charge on any atom is -0.481 e. The molecule has 2 aromatic rings. The summed E-state index contributed by atoms with van der Waals surface area (Å²) in [7, 11) is 0. The van der Waals surface area contributed by atoms with E-state index in [2.05, 4.69) is 22.3 Å². The van der Waals surface area contributed by atoms with E-state index in [1.807, 2.05) is 36.4 Å². The molecule has 0 aromatic heterocycles. The summed E-state index contributed by atoms with van der Waals surface area (Å²) in [5.74, 6) is -1.59. The van der Waals surface area contributed by atoms with Crippen LogP contribution in [-0.2, 0) is 14.3 Å². The number of carbonyl (C=O) groups excluding carboxylic acids is 2. The van der Waals surface area contributed by atoms with Crippen LogP contribution < -0.4 is 5.32 Å². The Kier molecular flexibility index (Phi) is 6.24. The molecule has 6 rings (SSSR count). The van der Waals surface area contributed by atoms with E-state index in [4.69, 9.17) is 4.74 Å². The number of carboxylic acids is 1. The molecule has 34 heavy (non-hydrogen) atoms. The Bertz CT molecular complexity index is 1050. The highest BCUT2D eigenvalue weighted by Gasteiger charge is 2.37. The Balaban J connectivity index is 1.27. The molecule has 2 bridgehead atoms. The van der Waals surface area contributed by atoms with E-state index in [1.54, 1.807) is 4.90 Å². The molecule has 1 unspecified atom stereocenters. The van der Waals surface area contributed by atoms with E-state index >= 15 is 0 Å². The first-order valence-corrected chi connectivity index (χ1v) is 11.9. The molecule has 8 heteroatoms. The molecule has 0 radical (unpaired) electrons. The number of hydrogen-bond acceptors (Lipinski definition) is 5. The predicted octanol–water partition coefficient (Wildman–Crippen LogP) is 2.68. The number of nitrogens with zero attached hydrogens (tertiary/aromatic N) is 2. The van der Waals surface area contributed by atoms with Crippen molar-refractivity contribution in [1.82, 2.24) is 15.1 Å². The van der Waals surface area contributed by atoms with Gasteiger partial charge in [-0.2, -0.15) is 0 Å². The molecule has 1 atom stereocenters. The van der Waals surface area contributed by atoms with Crippen molar-refractivity contribution in [3.05, 3.63) is 59.7 Å². The maximum absolute atomic E-state index is 13.3. The molecular formula is C26H29N3O5. The minimum absolute atomic E-state index is 0.0897. The van der Waals surface area contributed by atoms with Gasteiger partial charge in [-0.1, -0.05) is 48.5 Å². The SMILES string of the molecule is O=C(O)CC(NC(=O)OCC1c2ccccc2-c2ccccc21)C(=O)N1CCN2CCC1CC2. The Morgan fingerprint density at radius 1 is 0.941 bits per heavy atom. The van der Waals surface area contributed by atoms with Crippen LogP contribution in [0, 0.1) is 0 Å². The summed E-state index contributed by atoms with van der Waals surface area (Å²) in [6.45, 7) is 3.31. The zero-order chi connectivity index (χ0) is 23.7. The first-order chi connectivity index (χ1) is 16.5. The van der Waals surface area contributed by atoms with E-state index in [9.17, 15) is 19.5 Å². The van der Waals surface area contributed by atoms with Gasteiger partial charge in [-0.15, -0.1) is 0 Å². The van der Waals surface area contributed by atoms with E-state index in [0.29, 0.717) is 6.54 Å². The second-order valence-electron chi connectivity index (χ2n) is 9.22. The molecule has 178 valence electrons. The minimum atomic E-state index is -1.15. The van der Waals surface area contributed by atoms with Crippen molar-refractivity contribution in [3.8, 4) is 11.1 Å². The summed E-state index contributed by atoms with van der Waals surface area (Å²) >= 11 is 0. The zero-order valence-corrected chi connectivity index (χ0v) is 19.0. The first-order valence-electron chi connectivity index (χ1n) is 11.9. The van der Waals surface area contributed by atoms with E-state index < -0.39 is 24.5 Å². The Labute approximate surface area is 198 Å². The van der Waals surface area contributed by atoms with Crippen molar-refractivity contribution in [2.45, 2.75) is 37.3 Å². The van der Waals surface area contributed by atoms with Crippen molar-refractivity contribution in [3.63, 3.8) is 0 Å². The molecule has 4 aliphatic rings. The summed E-state index contributed by atoms with van der Waals surface area (Å²) in [6.07, 6.45) is 0.493. The van der Waals surface area contributed by atoms with Gasteiger partial charge in [0.25, 0.3) is 0 Å². The van der Waals surface area contributed by atoms with Crippen molar-refractivity contribution < 1.29 is 24.2 Å². The maximum Gasteiger partial charge on any atom is 0.407 e. The van der Waals surface area contributed by atoms with Crippen LogP contribution in [-0.4, -0.2) is 77.7 Å². The third kappa shape index (κ3) is 4.37. The normalized spacial score (nSPS) is 21.8. The van der Waals surface area contributed by atoms with Crippen LogP contribution in [0.3, 0.4) is 0 Å². The number of aliphatic carboxylic acids is 1. The Morgan fingerprint density at radius 2 is 1.56 bits per heavy atom. The number of benzene rings is 2. The van der Waals surface area contributed by atoms with Crippen LogP contribution in [0.4, 0.5) is 4.79 Å². The number of ether oxygens (including phenoxy) is 1. The molecule has 2 N–H and O–H groups in total. The number of fused-ring (bicyclic) bond motifs is 7. The summed E-state index contributed by atoms with van der Waals surface area (Å²) < 4.78 is 5.55. The summed E-state index contributed by atoms with van der Waals surface area (Å²) in [4.78, 5) is 41.5. The van der Waals surface area contributed by atoms with Gasteiger partial charge < -0.3 is 25.0 Å². The number of hydrogen-bond donors (Lipinski definition) is 2. The van der Waals surface area contributed by atoms with Gasteiger partial charge in [-0.3, -0.25) is 9.59 Å². The van der Waals surface area contributed by atoms with Crippen LogP contribution >= 0.6 is 0 Å². The smallest absolute Gasteiger partial charge is 0.407 e. The third-order valence-electron chi connectivity index (χ3n) is 7.25. The fourth-order valence-corrected chi connectivity index (χ4v) is 5.53. The lowest BCUT2D eigenvalue weighted by atomic mass is 9.98. The lowest BCUT2D eigenvalue weighted by Gasteiger charge is -2.33. The van der Waals surface area contributed by atoms with Crippen molar-refractivity contribution in [2.75, 3.05) is 32.8 Å². The first kappa shape index (κ1) is 22.4. The fraction of sp³-hybridized carbons (Fsp3) is 0.423. The maximum atomic E-state index is 13.3. The standard InChI is InChI=1S/C26H29N3O5/c30-24(31)15-23(25(32)29-14-13-28-11-9-17(29)10-12-28)27-26(33)34-16-22-20-7-3-1-5-18(20)19-6-2-4-8-21(19)22/h1-8,17,22-23H,9-16H2,(H,27,33)(H,30,31). The number of alkyl carbamates (subject to hydrolysis) is 1. The van der Waals surface area contributed by atoms with E-state index in [-0.39, 0.29) is 24.5 Å². The summed E-state index contributed by atoms with van der Waals surface area (Å²) in [5, 5.41) is 11.9. The average Bonchev–Trinajstić information content (AvgIpc) is 2.96. The molecule has 3 heterocycles. The lowest BCUT2D eigenvalue weighted by Crippen LogP contribution is -2.53. The number of rotatable bonds is 6. The van der Waals surface area contributed by atoms with Crippen molar-refractivity contribution in [2.24, 2.45) is 0 Å². The largest absolute Gasteiger partial charge is 0.481 e. The Morgan fingerprint density at radius 3 is 2.18 bits per heavy atom. The second kappa shape index (κ2) is 9.46. The molecule has 8 nitrogen and oxygen atoms in total. The molecule has 2 aromatic carbocycles. The highest BCUT2D eigenvalue weighted by atomic mass is 16.5. The van der Waals surface area contributed by atoms with Gasteiger partial charge >= 0.3 is 12.1 Å². The predicted molar refractivity (Wildman–Crippen MR) is 125 cm³/mol. The van der Waals surface area contributed by atoms with E-state index in [0.717, 1.165) is 54.7 Å². The number of amides is 2. The molecule has 3 saturated heterocycles. The highest BCUT2D eigenvalue weighted by molar-refractivity contribution is 5.89. The fourth-order valence-electron chi connectivity index (χ4n) is 5.53. The molecule has 0 saturated carbocycles. The zero-order valence-electron chi connectivity index (χ0n) is 19.0. The molecule has 3 fully saturated rings. The number of carboxylic acid groups (broad SMARTS) is 1. The summed E-state index contributed by atoms with van der Waals surface area (Å²) in [6, 6.07) is 15.0. The Hall–Kier alpha value is -3.39. The number of carbonyl (C=O) groups is 3.